The molecule has 3 aromatic heterocycles. The van der Waals surface area contributed by atoms with E-state index in [4.69, 9.17) is 19.4 Å². The zero-order valence-electron chi connectivity index (χ0n) is 31.3. The van der Waals surface area contributed by atoms with Gasteiger partial charge in [0.15, 0.2) is 17.5 Å². The molecule has 0 spiro atoms. The Kier molecular flexibility index (Phi) is 7.50. The van der Waals surface area contributed by atoms with Gasteiger partial charge in [0, 0.05) is 53.6 Å². The lowest BCUT2D eigenvalue weighted by molar-refractivity contribution is 0.669. The predicted octanol–water partition coefficient (Wildman–Crippen LogP) is 14.6. The molecule has 0 radical (unpaired) electrons. The van der Waals surface area contributed by atoms with Crippen molar-refractivity contribution >= 4 is 80.6 Å². The van der Waals surface area contributed by atoms with Crippen molar-refractivity contribution in [3.05, 3.63) is 193 Å². The monoisotopic (exact) mass is 759 g/mol. The van der Waals surface area contributed by atoms with Crippen LogP contribution in [-0.4, -0.2) is 15.0 Å². The number of fused-ring (bicyclic) bond motifs is 9. The number of hydrogen-bond acceptors (Lipinski definition) is 5. The first-order chi connectivity index (χ1) is 28.7. The summed E-state index contributed by atoms with van der Waals surface area (Å²) < 4.78 is 9.27. The van der Waals surface area contributed by atoms with Crippen LogP contribution >= 0.6 is 11.3 Å². The van der Waals surface area contributed by atoms with Crippen LogP contribution in [-0.2, 0) is 0 Å². The molecule has 272 valence electrons. The highest BCUT2D eigenvalue weighted by Crippen LogP contribution is 2.47. The third kappa shape index (κ3) is 5.39. The normalized spacial score (nSPS) is 14.3. The highest BCUT2D eigenvalue weighted by molar-refractivity contribution is 7.26. The summed E-state index contributed by atoms with van der Waals surface area (Å²) >= 11 is 1.86. The van der Waals surface area contributed by atoms with E-state index < -0.39 is 0 Å². The maximum atomic E-state index is 6.72. The Morgan fingerprint density at radius 3 is 2.09 bits per heavy atom. The first-order valence-corrected chi connectivity index (χ1v) is 20.5. The maximum absolute atomic E-state index is 6.72. The van der Waals surface area contributed by atoms with E-state index in [9.17, 15) is 0 Å². The smallest absolute Gasteiger partial charge is 0.164 e. The highest BCUT2D eigenvalue weighted by atomic mass is 32.1. The average molecular weight is 760 g/mol. The lowest BCUT2D eigenvalue weighted by Crippen LogP contribution is -2.05. The minimum atomic E-state index is 0.298. The molecule has 1 atom stereocenters. The van der Waals surface area contributed by atoms with Gasteiger partial charge in [-0.3, -0.25) is 0 Å². The van der Waals surface area contributed by atoms with E-state index in [2.05, 4.69) is 170 Å². The highest BCUT2D eigenvalue weighted by Gasteiger charge is 2.23. The molecule has 8 aromatic carbocycles. The van der Waals surface area contributed by atoms with Gasteiger partial charge in [-0.2, -0.15) is 0 Å². The third-order valence-electron chi connectivity index (χ3n) is 11.6. The van der Waals surface area contributed by atoms with Crippen LogP contribution in [0.5, 0.6) is 0 Å². The van der Waals surface area contributed by atoms with Gasteiger partial charge in [-0.25, -0.2) is 15.0 Å². The van der Waals surface area contributed by atoms with Crippen LogP contribution in [0.2, 0.25) is 0 Å². The molecule has 1 aliphatic rings. The number of hydrogen-bond donors (Lipinski definition) is 0. The number of para-hydroxylation sites is 1. The number of nitrogens with zero attached hydrogens (tertiary/aromatic N) is 3. The van der Waals surface area contributed by atoms with Gasteiger partial charge in [0.05, 0.1) is 0 Å². The summed E-state index contributed by atoms with van der Waals surface area (Å²) in [6.07, 6.45) is 7.59. The van der Waals surface area contributed by atoms with Gasteiger partial charge < -0.3 is 4.42 Å². The van der Waals surface area contributed by atoms with Crippen LogP contribution < -0.4 is 0 Å². The molecule has 0 fully saturated rings. The Labute approximate surface area is 338 Å². The van der Waals surface area contributed by atoms with E-state index in [0.717, 1.165) is 61.6 Å². The number of allylic oxidation sites excluding steroid dienone is 4. The predicted molar refractivity (Wildman–Crippen MR) is 242 cm³/mol. The standard InChI is InChI=1S/C53H33N3OS/c1-2-12-32(13-3-1)34-22-25-35(26-23-34)51-54-52(38-27-24-33-14-4-5-15-36(33)28-38)56-53(55-51)44-30-39(31-46-48(44)41-18-8-10-20-45(41)57-46)43-29-37-16-6-7-17-40(37)50-49(43)42-19-9-11-21-47(42)58-50/h1-22,24-31,34H,23H2. The van der Waals surface area contributed by atoms with E-state index in [1.807, 2.05) is 23.5 Å². The van der Waals surface area contributed by atoms with Crippen molar-refractivity contribution in [2.24, 2.45) is 0 Å². The zero-order valence-corrected chi connectivity index (χ0v) is 32.1. The molecule has 0 saturated heterocycles. The van der Waals surface area contributed by atoms with Crippen LogP contribution in [0.4, 0.5) is 0 Å². The van der Waals surface area contributed by atoms with Crippen molar-refractivity contribution in [2.45, 2.75) is 12.3 Å². The van der Waals surface area contributed by atoms with Crippen molar-refractivity contribution in [3.8, 4) is 33.9 Å². The number of aromatic nitrogens is 3. The molecule has 0 amide bonds. The van der Waals surface area contributed by atoms with Gasteiger partial charge in [0.1, 0.15) is 11.2 Å². The van der Waals surface area contributed by atoms with Crippen LogP contribution in [0.1, 0.15) is 23.7 Å². The molecule has 58 heavy (non-hydrogen) atoms. The van der Waals surface area contributed by atoms with Gasteiger partial charge in [-0.15, -0.1) is 11.3 Å². The van der Waals surface area contributed by atoms with Crippen LogP contribution in [0.3, 0.4) is 0 Å². The van der Waals surface area contributed by atoms with Crippen molar-refractivity contribution in [3.63, 3.8) is 0 Å². The summed E-state index contributed by atoms with van der Waals surface area (Å²) in [4.78, 5) is 15.9. The van der Waals surface area contributed by atoms with Gasteiger partial charge in [0.25, 0.3) is 0 Å². The summed E-state index contributed by atoms with van der Waals surface area (Å²) in [5.74, 6) is 2.19. The Morgan fingerprint density at radius 2 is 1.22 bits per heavy atom. The topological polar surface area (TPSA) is 51.8 Å². The number of thiophene rings is 1. The Hall–Kier alpha value is -7.21. The molecule has 5 heteroatoms. The first kappa shape index (κ1) is 33.0. The Balaban J connectivity index is 1.12. The third-order valence-corrected chi connectivity index (χ3v) is 12.8. The number of furan rings is 1. The molecular weight excluding hydrogens is 727 g/mol. The van der Waals surface area contributed by atoms with Gasteiger partial charge >= 0.3 is 0 Å². The largest absolute Gasteiger partial charge is 0.456 e. The summed E-state index contributed by atoms with van der Waals surface area (Å²) in [5, 5.41) is 9.30. The molecule has 4 nitrogen and oxygen atoms in total. The summed E-state index contributed by atoms with van der Waals surface area (Å²) in [6.45, 7) is 0. The van der Waals surface area contributed by atoms with E-state index in [1.165, 1.54) is 41.9 Å². The second kappa shape index (κ2) is 13.2. The van der Waals surface area contributed by atoms with Crippen molar-refractivity contribution < 1.29 is 4.42 Å². The molecule has 0 aliphatic heterocycles. The fourth-order valence-corrected chi connectivity index (χ4v) is 10.1. The number of rotatable bonds is 5. The second-order valence-corrected chi connectivity index (χ2v) is 16.1. The van der Waals surface area contributed by atoms with Crippen LogP contribution in [0, 0.1) is 0 Å². The molecule has 0 bridgehead atoms. The maximum Gasteiger partial charge on any atom is 0.164 e. The molecule has 11 aromatic rings. The molecule has 0 N–H and O–H groups in total. The van der Waals surface area contributed by atoms with E-state index >= 15 is 0 Å². The minimum Gasteiger partial charge on any atom is -0.456 e. The van der Waals surface area contributed by atoms with E-state index in [0.29, 0.717) is 23.4 Å². The van der Waals surface area contributed by atoms with Crippen LogP contribution in [0.15, 0.2) is 186 Å². The molecule has 3 heterocycles. The Morgan fingerprint density at radius 1 is 0.500 bits per heavy atom. The van der Waals surface area contributed by atoms with Gasteiger partial charge in [-0.05, 0) is 81.1 Å². The molecular formula is C53H33N3OS. The molecule has 12 rings (SSSR count). The van der Waals surface area contributed by atoms with Crippen LogP contribution in [0.25, 0.3) is 103 Å². The van der Waals surface area contributed by atoms with E-state index in [-0.39, 0.29) is 0 Å². The van der Waals surface area contributed by atoms with Crippen molar-refractivity contribution in [1.82, 2.24) is 15.0 Å². The Bertz CT molecular complexity index is 3500. The summed E-state index contributed by atoms with van der Waals surface area (Å²) in [7, 11) is 0. The minimum absolute atomic E-state index is 0.298. The number of benzene rings is 8. The van der Waals surface area contributed by atoms with Gasteiger partial charge in [0.2, 0.25) is 0 Å². The summed E-state index contributed by atoms with van der Waals surface area (Å²) in [6, 6.07) is 58.1. The van der Waals surface area contributed by atoms with Gasteiger partial charge in [-0.1, -0.05) is 146 Å². The van der Waals surface area contributed by atoms with Crippen molar-refractivity contribution in [2.75, 3.05) is 0 Å². The van der Waals surface area contributed by atoms with Crippen molar-refractivity contribution in [1.29, 1.82) is 0 Å². The SMILES string of the molecule is C1=CC(c2ccccc2)CC=C1c1nc(-c2ccc3ccccc3c2)nc(-c2cc(-c3cc4ccccc4c4sc5ccccc5c34)cc3oc4ccccc4c23)n1. The summed E-state index contributed by atoms with van der Waals surface area (Å²) in [5.41, 5.74) is 7.97. The second-order valence-electron chi connectivity index (χ2n) is 15.1. The quantitative estimate of drug-likeness (QED) is 0.175. The first-order valence-electron chi connectivity index (χ1n) is 19.7. The fourth-order valence-electron chi connectivity index (χ4n) is 8.79. The lowest BCUT2D eigenvalue weighted by Gasteiger charge is -2.17. The lowest BCUT2D eigenvalue weighted by atomic mass is 9.90. The molecule has 1 unspecified atom stereocenters. The fraction of sp³-hybridized carbons (Fsp3) is 0.0377. The molecule has 0 saturated carbocycles. The van der Waals surface area contributed by atoms with E-state index in [1.54, 1.807) is 0 Å². The average Bonchev–Trinajstić information content (AvgIpc) is 3.88. The zero-order chi connectivity index (χ0) is 38.2. The molecule has 1 aliphatic carbocycles.